The molecule has 0 bridgehead atoms. The highest BCUT2D eigenvalue weighted by atomic mass is 19.4. The maximum atomic E-state index is 14.4. The van der Waals surface area contributed by atoms with Gasteiger partial charge in [-0.25, -0.2) is 19.3 Å². The van der Waals surface area contributed by atoms with E-state index in [2.05, 4.69) is 15.6 Å². The minimum Gasteiger partial charge on any atom is -0.492 e. The molecule has 9 nitrogen and oxygen atoms in total. The zero-order valence-corrected chi connectivity index (χ0v) is 25.8. The van der Waals surface area contributed by atoms with E-state index in [0.29, 0.717) is 64.8 Å². The number of imidazole rings is 1. The lowest BCUT2D eigenvalue weighted by Crippen LogP contribution is -2.19. The Balaban J connectivity index is 1.31. The fraction of sp³-hybridized carbons (Fsp3) is 0.143. The Hall–Kier alpha value is -5.82. The van der Waals surface area contributed by atoms with E-state index in [1.54, 1.807) is 24.4 Å². The highest BCUT2D eigenvalue weighted by molar-refractivity contribution is 6.05. The Kier molecular flexibility index (Phi) is 9.04. The third-order valence-corrected chi connectivity index (χ3v) is 7.27. The summed E-state index contributed by atoms with van der Waals surface area (Å²) in [6.45, 7) is 1.30. The van der Waals surface area contributed by atoms with Crippen molar-refractivity contribution in [2.24, 2.45) is 0 Å². The first-order valence-corrected chi connectivity index (χ1v) is 14.8. The van der Waals surface area contributed by atoms with Gasteiger partial charge in [0.15, 0.2) is 0 Å². The number of ether oxygens (including phenoxy) is 1. The molecule has 0 spiro atoms. The van der Waals surface area contributed by atoms with Gasteiger partial charge in [-0.15, -0.1) is 0 Å². The lowest BCUT2D eigenvalue weighted by Gasteiger charge is -2.12. The molecule has 0 fully saturated rings. The van der Waals surface area contributed by atoms with Gasteiger partial charge in [-0.3, -0.25) is 9.20 Å². The number of aromatic nitrogens is 4. The summed E-state index contributed by atoms with van der Waals surface area (Å²) in [6, 6.07) is 22.9. The van der Waals surface area contributed by atoms with Crippen LogP contribution in [0.3, 0.4) is 0 Å². The van der Waals surface area contributed by atoms with Gasteiger partial charge in [0, 0.05) is 41.8 Å². The van der Waals surface area contributed by atoms with Crippen LogP contribution < -0.4 is 15.4 Å². The highest BCUT2D eigenvalue weighted by Gasteiger charge is 2.31. The summed E-state index contributed by atoms with van der Waals surface area (Å²) < 4.78 is 61.7. The van der Waals surface area contributed by atoms with Gasteiger partial charge in [-0.2, -0.15) is 13.2 Å². The molecule has 1 amide bonds. The molecule has 3 aromatic heterocycles. The van der Waals surface area contributed by atoms with Crippen molar-refractivity contribution in [2.45, 2.75) is 6.18 Å². The molecule has 3 heterocycles. The number of fused-ring (bicyclic) bond motifs is 1. The number of nitrogens with zero attached hydrogens (tertiary/aromatic N) is 5. The molecule has 0 saturated heterocycles. The highest BCUT2D eigenvalue weighted by Crippen LogP contribution is 2.34. The molecule has 6 aromatic rings. The first-order valence-electron chi connectivity index (χ1n) is 14.8. The van der Waals surface area contributed by atoms with E-state index in [-0.39, 0.29) is 5.56 Å². The van der Waals surface area contributed by atoms with Crippen LogP contribution in [0.2, 0.25) is 0 Å². The number of hydrogen-bond donors (Lipinski definition) is 2. The molecule has 3 aromatic carbocycles. The molecular weight excluding hydrogens is 626 g/mol. The van der Waals surface area contributed by atoms with Crippen LogP contribution in [-0.2, 0) is 6.18 Å². The van der Waals surface area contributed by atoms with Gasteiger partial charge < -0.3 is 20.3 Å². The van der Waals surface area contributed by atoms with Gasteiger partial charge in [-0.1, -0.05) is 24.3 Å². The summed E-state index contributed by atoms with van der Waals surface area (Å²) in [5.74, 6) is -0.762. The molecule has 0 saturated carbocycles. The van der Waals surface area contributed by atoms with Crippen LogP contribution in [-0.4, -0.2) is 57.4 Å². The zero-order valence-electron chi connectivity index (χ0n) is 25.8. The number of alkyl halides is 3. The van der Waals surface area contributed by atoms with Crippen LogP contribution >= 0.6 is 0 Å². The van der Waals surface area contributed by atoms with Gasteiger partial charge in [0.2, 0.25) is 5.95 Å². The molecule has 6 rings (SSSR count). The second kappa shape index (κ2) is 13.5. The molecule has 48 heavy (non-hydrogen) atoms. The van der Waals surface area contributed by atoms with Gasteiger partial charge in [-0.05, 0) is 74.8 Å². The largest absolute Gasteiger partial charge is 0.492 e. The molecule has 0 aliphatic heterocycles. The molecule has 0 radical (unpaired) electrons. The first-order chi connectivity index (χ1) is 23.0. The SMILES string of the molecule is CN(C)CCOc1cccc(Nc2nccc(-c3c(-c4cccc(C(=O)Nc5cc(C(F)(F)F)ccc5F)c4)nc4ccccn34)n2)c1. The molecule has 13 heteroatoms. The number of carbonyl (C=O) groups excluding carboxylic acids is 1. The molecule has 244 valence electrons. The van der Waals surface area contributed by atoms with E-state index in [1.807, 2.05) is 72.1 Å². The summed E-state index contributed by atoms with van der Waals surface area (Å²) in [6.07, 6.45) is -1.26. The lowest BCUT2D eigenvalue weighted by molar-refractivity contribution is -0.137. The minimum atomic E-state index is -4.70. The number of rotatable bonds is 10. The van der Waals surface area contributed by atoms with Crippen molar-refractivity contribution in [1.82, 2.24) is 24.3 Å². The number of benzene rings is 3. The van der Waals surface area contributed by atoms with Gasteiger partial charge in [0.25, 0.3) is 5.91 Å². The number of likely N-dealkylation sites (N-methyl/N-ethyl adjacent to an activating group) is 1. The Morgan fingerprint density at radius 2 is 1.77 bits per heavy atom. The number of anilines is 3. The maximum Gasteiger partial charge on any atom is 0.416 e. The van der Waals surface area contributed by atoms with Crippen molar-refractivity contribution in [3.05, 3.63) is 120 Å². The van der Waals surface area contributed by atoms with E-state index >= 15 is 0 Å². The minimum absolute atomic E-state index is 0.0880. The van der Waals surface area contributed by atoms with Crippen LogP contribution in [0.5, 0.6) is 5.75 Å². The smallest absolute Gasteiger partial charge is 0.416 e. The Labute approximate surface area is 272 Å². The summed E-state index contributed by atoms with van der Waals surface area (Å²) in [5.41, 5.74) is 1.91. The number of pyridine rings is 1. The van der Waals surface area contributed by atoms with Gasteiger partial charge in [0.05, 0.1) is 28.3 Å². The number of amides is 1. The van der Waals surface area contributed by atoms with Crippen molar-refractivity contribution >= 4 is 28.9 Å². The fourth-order valence-electron chi connectivity index (χ4n) is 4.93. The van der Waals surface area contributed by atoms with Gasteiger partial charge >= 0.3 is 6.18 Å². The average Bonchev–Trinajstić information content (AvgIpc) is 3.45. The number of hydrogen-bond acceptors (Lipinski definition) is 7. The van der Waals surface area contributed by atoms with Gasteiger partial charge in [0.1, 0.15) is 23.8 Å². The molecule has 0 unspecified atom stereocenters. The second-order valence-electron chi connectivity index (χ2n) is 11.0. The van der Waals surface area contributed by atoms with Crippen molar-refractivity contribution in [3.63, 3.8) is 0 Å². The predicted molar refractivity (Wildman–Crippen MR) is 175 cm³/mol. The van der Waals surface area contributed by atoms with Crippen molar-refractivity contribution < 1.29 is 27.1 Å². The van der Waals surface area contributed by atoms with Crippen molar-refractivity contribution in [1.29, 1.82) is 0 Å². The lowest BCUT2D eigenvalue weighted by atomic mass is 10.0. The summed E-state index contributed by atoms with van der Waals surface area (Å²) in [5, 5.41) is 5.48. The van der Waals surface area contributed by atoms with Crippen LogP contribution in [0.1, 0.15) is 15.9 Å². The first kappa shape index (κ1) is 32.1. The predicted octanol–water partition coefficient (Wildman–Crippen LogP) is 7.55. The topological polar surface area (TPSA) is 96.7 Å². The van der Waals surface area contributed by atoms with Crippen LogP contribution in [0.25, 0.3) is 28.3 Å². The zero-order chi connectivity index (χ0) is 33.8. The van der Waals surface area contributed by atoms with E-state index in [4.69, 9.17) is 14.7 Å². The molecule has 0 aliphatic rings. The summed E-state index contributed by atoms with van der Waals surface area (Å²) in [4.78, 5) is 29.1. The van der Waals surface area contributed by atoms with Crippen LogP contribution in [0.4, 0.5) is 34.9 Å². The molecule has 0 aliphatic carbocycles. The maximum absolute atomic E-state index is 14.4. The quantitative estimate of drug-likeness (QED) is 0.147. The number of nitrogens with one attached hydrogen (secondary N) is 2. The van der Waals surface area contributed by atoms with Crippen LogP contribution in [0.15, 0.2) is 103 Å². The fourth-order valence-corrected chi connectivity index (χ4v) is 4.93. The van der Waals surface area contributed by atoms with Crippen LogP contribution in [0, 0.1) is 5.82 Å². The molecular formula is C35H29F4N7O2. The molecule has 2 N–H and O–H groups in total. The number of carbonyl (C=O) groups is 1. The summed E-state index contributed by atoms with van der Waals surface area (Å²) in [7, 11) is 3.95. The van der Waals surface area contributed by atoms with Crippen molar-refractivity contribution in [2.75, 3.05) is 37.9 Å². The van der Waals surface area contributed by atoms with E-state index in [9.17, 15) is 22.4 Å². The molecule has 0 atom stereocenters. The monoisotopic (exact) mass is 655 g/mol. The average molecular weight is 656 g/mol. The van der Waals surface area contributed by atoms with E-state index in [1.165, 1.54) is 12.1 Å². The third kappa shape index (κ3) is 7.26. The van der Waals surface area contributed by atoms with Crippen molar-refractivity contribution in [3.8, 4) is 28.4 Å². The third-order valence-electron chi connectivity index (χ3n) is 7.27. The Morgan fingerprint density at radius 1 is 0.938 bits per heavy atom. The Bertz CT molecular complexity index is 2100. The summed E-state index contributed by atoms with van der Waals surface area (Å²) >= 11 is 0. The standard InChI is InChI=1S/C35H29F4N7O2/c1-45(2)17-18-48-26-10-6-9-25(21-26)41-34-40-15-14-28(43-34)32-31(44-30-11-3-4-16-46(30)32)22-7-5-8-23(19-22)33(47)42-29-20-24(35(37,38)39)12-13-27(29)36/h3-16,19-21H,17-18H2,1-2H3,(H,42,47)(H,40,41,43). The number of halogens is 4. The van der Waals surface area contributed by atoms with E-state index < -0.39 is 29.2 Å². The second-order valence-corrected chi connectivity index (χ2v) is 11.0. The Morgan fingerprint density at radius 3 is 2.58 bits per heavy atom. The normalized spacial score (nSPS) is 11.6. The van der Waals surface area contributed by atoms with E-state index in [0.717, 1.165) is 12.2 Å².